The normalized spacial score (nSPS) is 11.0. The van der Waals surface area contributed by atoms with E-state index in [1.165, 1.54) is 23.4 Å². The van der Waals surface area contributed by atoms with Gasteiger partial charge in [0.2, 0.25) is 5.91 Å². The lowest BCUT2D eigenvalue weighted by atomic mass is 10.0. The van der Waals surface area contributed by atoms with Crippen LogP contribution in [0.5, 0.6) is 11.5 Å². The Balaban J connectivity index is 1.60. The first-order valence-electron chi connectivity index (χ1n) is 10.4. The lowest BCUT2D eigenvalue weighted by Gasteiger charge is -2.15. The molecule has 3 rings (SSSR count). The number of ether oxygens (including phenoxy) is 2. The fourth-order valence-electron chi connectivity index (χ4n) is 3.59. The number of hydrogen-bond donors (Lipinski definition) is 1. The molecule has 0 aliphatic rings. The van der Waals surface area contributed by atoms with Crippen molar-refractivity contribution in [1.82, 2.24) is 4.90 Å². The number of rotatable bonds is 9. The van der Waals surface area contributed by atoms with E-state index in [1.807, 2.05) is 24.3 Å². The van der Waals surface area contributed by atoms with Gasteiger partial charge in [0.15, 0.2) is 11.5 Å². The number of hydrogen-bond acceptors (Lipinski definition) is 4. The zero-order valence-corrected chi connectivity index (χ0v) is 18.6. The molecule has 0 aliphatic carbocycles. The molecule has 0 saturated carbocycles. The smallest absolute Gasteiger partial charge is 0.221 e. The Morgan fingerprint density at radius 3 is 2.58 bits per heavy atom. The summed E-state index contributed by atoms with van der Waals surface area (Å²) in [6, 6.07) is 18.4. The summed E-state index contributed by atoms with van der Waals surface area (Å²) in [5, 5.41) is 5.17. The number of anilines is 1. The van der Waals surface area contributed by atoms with Crippen molar-refractivity contribution in [2.45, 2.75) is 19.8 Å². The van der Waals surface area contributed by atoms with Gasteiger partial charge >= 0.3 is 0 Å². The van der Waals surface area contributed by atoms with Gasteiger partial charge in [-0.3, -0.25) is 4.79 Å². The summed E-state index contributed by atoms with van der Waals surface area (Å²) >= 11 is 0. The molecule has 5 nitrogen and oxygen atoms in total. The predicted molar refractivity (Wildman–Crippen MR) is 127 cm³/mol. The van der Waals surface area contributed by atoms with E-state index in [1.54, 1.807) is 14.2 Å². The molecule has 0 aliphatic heterocycles. The van der Waals surface area contributed by atoms with Crippen LogP contribution < -0.4 is 14.8 Å². The maximum Gasteiger partial charge on any atom is 0.221 e. The van der Waals surface area contributed by atoms with E-state index in [2.05, 4.69) is 59.9 Å². The van der Waals surface area contributed by atoms with Gasteiger partial charge in [-0.05, 0) is 65.2 Å². The van der Waals surface area contributed by atoms with E-state index in [0.717, 1.165) is 42.0 Å². The topological polar surface area (TPSA) is 50.8 Å². The first-order chi connectivity index (χ1) is 15.0. The second-order valence-corrected chi connectivity index (χ2v) is 7.54. The summed E-state index contributed by atoms with van der Waals surface area (Å²) in [6.45, 7) is 2.43. The average Bonchev–Trinajstić information content (AvgIpc) is 2.77. The van der Waals surface area contributed by atoms with Gasteiger partial charge < -0.3 is 19.7 Å². The van der Waals surface area contributed by atoms with Crippen LogP contribution in [-0.2, 0) is 17.6 Å². The number of methoxy groups -OCH3 is 2. The Hall–Kier alpha value is -3.47. The monoisotopic (exact) mass is 418 g/mol. The highest BCUT2D eigenvalue weighted by Gasteiger charge is 2.05. The molecule has 0 bridgehead atoms. The highest BCUT2D eigenvalue weighted by Crippen LogP contribution is 2.28. The third kappa shape index (κ3) is 6.01. The van der Waals surface area contributed by atoms with Crippen LogP contribution in [0.4, 0.5) is 5.69 Å². The van der Waals surface area contributed by atoms with Gasteiger partial charge in [0.25, 0.3) is 0 Å². The Bertz CT molecular complexity index is 1080. The molecule has 0 saturated heterocycles. The first-order valence-corrected chi connectivity index (χ1v) is 10.4. The first kappa shape index (κ1) is 22.2. The molecule has 0 aromatic heterocycles. The average molecular weight is 419 g/mol. The maximum atomic E-state index is 11.3. The number of allylic oxidation sites excluding steroid dienone is 1. The third-order valence-electron chi connectivity index (χ3n) is 5.19. The van der Waals surface area contributed by atoms with Gasteiger partial charge in [-0.1, -0.05) is 36.4 Å². The molecule has 5 heteroatoms. The molecule has 1 N–H and O–H groups in total. The van der Waals surface area contributed by atoms with Crippen molar-refractivity contribution in [2.24, 2.45) is 0 Å². The number of nitrogens with zero attached hydrogens (tertiary/aromatic N) is 1. The Morgan fingerprint density at radius 2 is 1.84 bits per heavy atom. The van der Waals surface area contributed by atoms with Crippen molar-refractivity contribution in [1.29, 1.82) is 0 Å². The van der Waals surface area contributed by atoms with Crippen LogP contribution in [-0.4, -0.2) is 38.6 Å². The summed E-state index contributed by atoms with van der Waals surface area (Å²) in [6.07, 6.45) is 6.08. The number of likely N-dealkylation sites (N-methyl/N-ethyl adjacent to an activating group) is 1. The number of nitrogens with one attached hydrogen (secondary N) is 1. The van der Waals surface area contributed by atoms with Crippen molar-refractivity contribution in [3.8, 4) is 11.5 Å². The number of carbonyl (C=O) groups excluding carboxylic acids is 1. The zero-order chi connectivity index (χ0) is 22.2. The van der Waals surface area contributed by atoms with Crippen LogP contribution >= 0.6 is 0 Å². The fraction of sp³-hybridized carbons (Fsp3) is 0.269. The number of benzene rings is 3. The van der Waals surface area contributed by atoms with Crippen molar-refractivity contribution in [3.63, 3.8) is 0 Å². The number of amides is 1. The largest absolute Gasteiger partial charge is 0.493 e. The highest BCUT2D eigenvalue weighted by molar-refractivity contribution is 5.94. The van der Waals surface area contributed by atoms with Crippen LogP contribution in [0, 0.1) is 0 Å². The van der Waals surface area contributed by atoms with Crippen molar-refractivity contribution in [2.75, 3.05) is 33.1 Å². The Morgan fingerprint density at radius 1 is 1.03 bits per heavy atom. The zero-order valence-electron chi connectivity index (χ0n) is 18.6. The third-order valence-corrected chi connectivity index (χ3v) is 5.19. The van der Waals surface area contributed by atoms with Gasteiger partial charge in [0, 0.05) is 26.2 Å². The molecule has 1 amide bonds. The maximum absolute atomic E-state index is 11.3. The summed E-state index contributed by atoms with van der Waals surface area (Å²) in [7, 11) is 5.39. The second kappa shape index (κ2) is 10.5. The predicted octanol–water partition coefficient (Wildman–Crippen LogP) is 5.05. The van der Waals surface area contributed by atoms with Crippen molar-refractivity contribution < 1.29 is 14.3 Å². The highest BCUT2D eigenvalue weighted by atomic mass is 16.5. The van der Waals surface area contributed by atoms with Gasteiger partial charge in [0.05, 0.1) is 14.2 Å². The summed E-state index contributed by atoms with van der Waals surface area (Å²) in [5.74, 6) is 1.45. The van der Waals surface area contributed by atoms with E-state index in [0.29, 0.717) is 0 Å². The SMILES string of the molecule is COc1ccc(CCN(C)C=CCc2cccc3cc(NC(C)=O)ccc23)cc1OC. The molecule has 0 unspecified atom stereocenters. The molecule has 0 heterocycles. The minimum atomic E-state index is -0.0606. The van der Waals surface area contributed by atoms with E-state index < -0.39 is 0 Å². The van der Waals surface area contributed by atoms with Gasteiger partial charge in [-0.2, -0.15) is 0 Å². The molecule has 3 aromatic carbocycles. The minimum Gasteiger partial charge on any atom is -0.493 e. The van der Waals surface area contributed by atoms with Crippen LogP contribution in [0.2, 0.25) is 0 Å². The van der Waals surface area contributed by atoms with Crippen molar-refractivity contribution in [3.05, 3.63) is 78.0 Å². The van der Waals surface area contributed by atoms with Gasteiger partial charge in [-0.25, -0.2) is 0 Å². The molecule has 31 heavy (non-hydrogen) atoms. The Labute approximate surface area is 184 Å². The quantitative estimate of drug-likeness (QED) is 0.529. The molecule has 0 atom stereocenters. The van der Waals surface area contributed by atoms with E-state index in [-0.39, 0.29) is 5.91 Å². The van der Waals surface area contributed by atoms with Gasteiger partial charge in [0.1, 0.15) is 0 Å². The number of carbonyl (C=O) groups is 1. The second-order valence-electron chi connectivity index (χ2n) is 7.54. The summed E-state index contributed by atoms with van der Waals surface area (Å²) in [4.78, 5) is 13.5. The van der Waals surface area contributed by atoms with Crippen LogP contribution in [0.25, 0.3) is 10.8 Å². The van der Waals surface area contributed by atoms with Crippen LogP contribution in [0.3, 0.4) is 0 Å². The van der Waals surface area contributed by atoms with E-state index >= 15 is 0 Å². The molecule has 0 radical (unpaired) electrons. The van der Waals surface area contributed by atoms with Gasteiger partial charge in [-0.15, -0.1) is 0 Å². The molecular weight excluding hydrogens is 388 g/mol. The lowest BCUT2D eigenvalue weighted by Crippen LogP contribution is -2.14. The minimum absolute atomic E-state index is 0.0606. The van der Waals surface area contributed by atoms with Crippen LogP contribution in [0.1, 0.15) is 18.1 Å². The molecular formula is C26H30N2O3. The fourth-order valence-corrected chi connectivity index (χ4v) is 3.59. The summed E-state index contributed by atoms with van der Waals surface area (Å²) in [5.41, 5.74) is 3.29. The molecule has 0 spiro atoms. The molecule has 162 valence electrons. The number of fused-ring (bicyclic) bond motifs is 1. The Kier molecular flexibility index (Phi) is 7.55. The summed E-state index contributed by atoms with van der Waals surface area (Å²) < 4.78 is 10.7. The van der Waals surface area contributed by atoms with E-state index in [9.17, 15) is 4.79 Å². The van der Waals surface area contributed by atoms with Crippen LogP contribution in [0.15, 0.2) is 66.9 Å². The molecule has 0 fully saturated rings. The molecule has 3 aromatic rings. The standard InChI is InChI=1S/C26H30N2O3/c1-19(29)27-23-11-12-24-21(7-5-8-22(24)18-23)9-6-15-28(2)16-14-20-10-13-25(30-3)26(17-20)31-4/h5-8,10-13,15,17-18H,9,14,16H2,1-4H3,(H,27,29). The van der Waals surface area contributed by atoms with E-state index in [4.69, 9.17) is 9.47 Å². The lowest BCUT2D eigenvalue weighted by molar-refractivity contribution is -0.114. The van der Waals surface area contributed by atoms with Crippen molar-refractivity contribution >= 4 is 22.4 Å².